The minimum atomic E-state index is -3.46. The lowest BCUT2D eigenvalue weighted by atomic mass is 10.2. The summed E-state index contributed by atoms with van der Waals surface area (Å²) in [6, 6.07) is 4.95. The molecule has 1 heterocycles. The van der Waals surface area contributed by atoms with Crippen LogP contribution in [0.5, 0.6) is 0 Å². The van der Waals surface area contributed by atoms with Crippen molar-refractivity contribution >= 4 is 21.6 Å². The van der Waals surface area contributed by atoms with Gasteiger partial charge in [0, 0.05) is 11.6 Å². The van der Waals surface area contributed by atoms with E-state index < -0.39 is 10.0 Å². The molecule has 0 atom stereocenters. The first-order chi connectivity index (χ1) is 9.50. The van der Waals surface area contributed by atoms with Crippen molar-refractivity contribution in [2.45, 2.75) is 31.1 Å². The molecule has 0 bridgehead atoms. The largest absolute Gasteiger partial charge is 0.303 e. The molecule has 20 heavy (non-hydrogen) atoms. The number of halogens is 1. The molecule has 1 aromatic rings. The van der Waals surface area contributed by atoms with Crippen molar-refractivity contribution in [2.75, 3.05) is 26.2 Å². The van der Waals surface area contributed by atoms with Gasteiger partial charge >= 0.3 is 0 Å². The number of benzene rings is 1. The molecule has 0 radical (unpaired) electrons. The van der Waals surface area contributed by atoms with Crippen LogP contribution in [0.1, 0.15) is 24.8 Å². The second kappa shape index (κ2) is 6.89. The molecule has 0 aromatic heterocycles. The third-order valence-electron chi connectivity index (χ3n) is 3.65. The van der Waals surface area contributed by atoms with Crippen LogP contribution in [0.2, 0.25) is 5.02 Å². The quantitative estimate of drug-likeness (QED) is 0.820. The summed E-state index contributed by atoms with van der Waals surface area (Å²) >= 11 is 5.97. The lowest BCUT2D eigenvalue weighted by Gasteiger charge is -2.15. The topological polar surface area (TPSA) is 49.4 Å². The molecule has 4 nitrogen and oxygen atoms in total. The molecular weight excluding hydrogens is 296 g/mol. The van der Waals surface area contributed by atoms with Crippen molar-refractivity contribution in [1.82, 2.24) is 9.62 Å². The monoisotopic (exact) mass is 316 g/mol. The maximum atomic E-state index is 12.2. The minimum Gasteiger partial charge on any atom is -0.303 e. The van der Waals surface area contributed by atoms with Gasteiger partial charge < -0.3 is 4.90 Å². The Labute approximate surface area is 126 Å². The summed E-state index contributed by atoms with van der Waals surface area (Å²) in [4.78, 5) is 2.64. The zero-order chi connectivity index (χ0) is 14.6. The highest BCUT2D eigenvalue weighted by atomic mass is 35.5. The van der Waals surface area contributed by atoms with Crippen LogP contribution in [-0.2, 0) is 10.0 Å². The Hall–Kier alpha value is -0.620. The molecular formula is C14H21ClN2O2S. The van der Waals surface area contributed by atoms with Gasteiger partial charge in [-0.05, 0) is 63.5 Å². The van der Waals surface area contributed by atoms with Crippen LogP contribution < -0.4 is 4.72 Å². The van der Waals surface area contributed by atoms with Crippen LogP contribution in [0.3, 0.4) is 0 Å². The summed E-state index contributed by atoms with van der Waals surface area (Å²) in [7, 11) is -3.46. The van der Waals surface area contributed by atoms with Crippen molar-refractivity contribution in [3.05, 3.63) is 28.8 Å². The van der Waals surface area contributed by atoms with E-state index in [4.69, 9.17) is 11.6 Å². The van der Waals surface area contributed by atoms with Crippen LogP contribution in [0.4, 0.5) is 0 Å². The number of sulfonamides is 1. The lowest BCUT2D eigenvalue weighted by Crippen LogP contribution is -2.29. The average molecular weight is 317 g/mol. The third kappa shape index (κ3) is 3.95. The molecule has 6 heteroatoms. The Morgan fingerprint density at radius 2 is 2.00 bits per heavy atom. The zero-order valence-corrected chi connectivity index (χ0v) is 13.3. The van der Waals surface area contributed by atoms with Crippen LogP contribution in [0, 0.1) is 6.92 Å². The fourth-order valence-corrected chi connectivity index (χ4v) is 4.04. The van der Waals surface area contributed by atoms with Gasteiger partial charge in [0.1, 0.15) is 0 Å². The lowest BCUT2D eigenvalue weighted by molar-refractivity contribution is 0.334. The molecule has 0 saturated carbocycles. The predicted octanol–water partition coefficient (Wildman–Crippen LogP) is 2.41. The fraction of sp³-hybridized carbons (Fsp3) is 0.571. The van der Waals surface area contributed by atoms with E-state index in [-0.39, 0.29) is 4.90 Å². The minimum absolute atomic E-state index is 0.270. The Kier molecular flexibility index (Phi) is 5.43. The first-order valence-electron chi connectivity index (χ1n) is 6.98. The SMILES string of the molecule is Cc1c(Cl)cccc1S(=O)(=O)NCCCN1CCCC1. The standard InChI is InChI=1S/C14H21ClN2O2S/c1-12-13(15)6-4-7-14(12)20(18,19)16-8-5-11-17-9-2-3-10-17/h4,6-7,16H,2-3,5,8-11H2,1H3. The van der Waals surface area contributed by atoms with Crippen molar-refractivity contribution in [3.8, 4) is 0 Å². The number of likely N-dealkylation sites (tertiary alicyclic amines) is 1. The Morgan fingerprint density at radius 3 is 2.70 bits per heavy atom. The molecule has 1 aromatic carbocycles. The summed E-state index contributed by atoms with van der Waals surface area (Å²) in [5.41, 5.74) is 0.598. The van der Waals surface area contributed by atoms with E-state index in [2.05, 4.69) is 9.62 Å². The summed E-state index contributed by atoms with van der Waals surface area (Å²) in [6.07, 6.45) is 3.35. The van der Waals surface area contributed by atoms with Gasteiger partial charge in [-0.2, -0.15) is 0 Å². The molecule has 0 spiro atoms. The van der Waals surface area contributed by atoms with Crippen LogP contribution in [0.25, 0.3) is 0 Å². The summed E-state index contributed by atoms with van der Waals surface area (Å²) in [5.74, 6) is 0. The van der Waals surface area contributed by atoms with Crippen molar-refractivity contribution in [3.63, 3.8) is 0 Å². The molecule has 1 aliphatic rings. The third-order valence-corrected chi connectivity index (χ3v) is 5.66. The van der Waals surface area contributed by atoms with Crippen molar-refractivity contribution < 1.29 is 8.42 Å². The molecule has 1 saturated heterocycles. The van der Waals surface area contributed by atoms with Gasteiger partial charge in [0.2, 0.25) is 10.0 Å². The summed E-state index contributed by atoms with van der Waals surface area (Å²) in [5, 5.41) is 0.477. The smallest absolute Gasteiger partial charge is 0.240 e. The molecule has 1 aliphatic heterocycles. The van der Waals surface area contributed by atoms with E-state index in [1.807, 2.05) is 0 Å². The first kappa shape index (κ1) is 15.8. The predicted molar refractivity (Wildman–Crippen MR) is 81.7 cm³/mol. The van der Waals surface area contributed by atoms with Crippen LogP contribution in [0.15, 0.2) is 23.1 Å². The van der Waals surface area contributed by atoms with Crippen molar-refractivity contribution in [2.24, 2.45) is 0 Å². The number of nitrogens with zero attached hydrogens (tertiary/aromatic N) is 1. The first-order valence-corrected chi connectivity index (χ1v) is 8.84. The van der Waals surface area contributed by atoms with E-state index in [9.17, 15) is 8.42 Å². The highest BCUT2D eigenvalue weighted by molar-refractivity contribution is 7.89. The summed E-state index contributed by atoms with van der Waals surface area (Å²) in [6.45, 7) is 5.42. The molecule has 112 valence electrons. The van der Waals surface area contributed by atoms with E-state index in [1.165, 1.54) is 12.8 Å². The number of nitrogens with one attached hydrogen (secondary N) is 1. The van der Waals surface area contributed by atoms with Gasteiger partial charge in [-0.25, -0.2) is 13.1 Å². The van der Waals surface area contributed by atoms with E-state index in [0.717, 1.165) is 26.1 Å². The van der Waals surface area contributed by atoms with Gasteiger partial charge in [0.05, 0.1) is 4.90 Å². The highest BCUT2D eigenvalue weighted by Crippen LogP contribution is 2.22. The van der Waals surface area contributed by atoms with E-state index in [0.29, 0.717) is 17.1 Å². The van der Waals surface area contributed by atoms with Crippen LogP contribution in [-0.4, -0.2) is 39.5 Å². The number of hydrogen-bond donors (Lipinski definition) is 1. The van der Waals surface area contributed by atoms with Gasteiger partial charge in [-0.1, -0.05) is 17.7 Å². The fourth-order valence-electron chi connectivity index (χ4n) is 2.47. The second-order valence-corrected chi connectivity index (χ2v) is 7.31. The number of rotatable bonds is 6. The van der Waals surface area contributed by atoms with Gasteiger partial charge in [-0.3, -0.25) is 0 Å². The summed E-state index contributed by atoms with van der Waals surface area (Å²) < 4.78 is 27.1. The normalized spacial score (nSPS) is 16.7. The molecule has 1 fully saturated rings. The molecule has 2 rings (SSSR count). The van der Waals surface area contributed by atoms with Gasteiger partial charge in [0.15, 0.2) is 0 Å². The Bertz CT molecular complexity index is 554. The Morgan fingerprint density at radius 1 is 1.30 bits per heavy atom. The van der Waals surface area contributed by atoms with E-state index >= 15 is 0 Å². The van der Waals surface area contributed by atoms with E-state index in [1.54, 1.807) is 25.1 Å². The number of hydrogen-bond acceptors (Lipinski definition) is 3. The zero-order valence-electron chi connectivity index (χ0n) is 11.7. The maximum absolute atomic E-state index is 12.2. The second-order valence-electron chi connectivity index (χ2n) is 5.16. The van der Waals surface area contributed by atoms with Crippen LogP contribution >= 0.6 is 11.6 Å². The average Bonchev–Trinajstić information content (AvgIpc) is 2.91. The molecule has 0 unspecified atom stereocenters. The highest BCUT2D eigenvalue weighted by Gasteiger charge is 2.17. The molecule has 1 N–H and O–H groups in total. The maximum Gasteiger partial charge on any atom is 0.240 e. The Balaban J connectivity index is 1.88. The van der Waals surface area contributed by atoms with Gasteiger partial charge in [0.25, 0.3) is 0 Å². The van der Waals surface area contributed by atoms with Gasteiger partial charge in [-0.15, -0.1) is 0 Å². The van der Waals surface area contributed by atoms with Crippen molar-refractivity contribution in [1.29, 1.82) is 0 Å². The molecule has 0 aliphatic carbocycles. The molecule has 0 amide bonds.